The lowest BCUT2D eigenvalue weighted by Crippen LogP contribution is -2.41. The quantitative estimate of drug-likeness (QED) is 0.838. The highest BCUT2D eigenvalue weighted by Crippen LogP contribution is 2.27. The zero-order valence-electron chi connectivity index (χ0n) is 10.8. The van der Waals surface area contributed by atoms with Gasteiger partial charge in [0.1, 0.15) is 0 Å². The molecular formula is C13H19NO3S. The van der Waals surface area contributed by atoms with Crippen LogP contribution in [-0.4, -0.2) is 40.0 Å². The Kier molecular flexibility index (Phi) is 3.92. The van der Waals surface area contributed by atoms with Crippen LogP contribution in [0.5, 0.6) is 0 Å². The molecule has 0 saturated carbocycles. The molecule has 1 fully saturated rings. The molecule has 1 unspecified atom stereocenters. The molecule has 1 aromatic carbocycles. The van der Waals surface area contributed by atoms with E-state index in [1.54, 1.807) is 19.1 Å². The lowest BCUT2D eigenvalue weighted by atomic mass is 10.2. The summed E-state index contributed by atoms with van der Waals surface area (Å²) >= 11 is 0. The maximum absolute atomic E-state index is 12.1. The first-order valence-corrected chi connectivity index (χ1v) is 7.88. The van der Waals surface area contributed by atoms with Crippen LogP contribution < -0.4 is 4.90 Å². The largest absolute Gasteiger partial charge is 0.375 e. The smallest absolute Gasteiger partial charge is 0.180 e. The highest BCUT2D eigenvalue weighted by Gasteiger charge is 2.23. The first-order valence-electron chi connectivity index (χ1n) is 6.23. The number of morpholine rings is 1. The first kappa shape index (κ1) is 13.4. The monoisotopic (exact) mass is 269 g/mol. The molecule has 0 bridgehead atoms. The maximum Gasteiger partial charge on any atom is 0.180 e. The molecule has 0 aromatic heterocycles. The summed E-state index contributed by atoms with van der Waals surface area (Å²) in [5, 5.41) is 0. The van der Waals surface area contributed by atoms with E-state index in [9.17, 15) is 8.42 Å². The van der Waals surface area contributed by atoms with Crippen molar-refractivity contribution in [1.82, 2.24) is 0 Å². The van der Waals surface area contributed by atoms with Crippen molar-refractivity contribution >= 4 is 15.5 Å². The normalized spacial score (nSPS) is 21.0. The molecule has 1 saturated heterocycles. The molecule has 0 N–H and O–H groups in total. The van der Waals surface area contributed by atoms with E-state index in [1.807, 2.05) is 19.1 Å². The highest BCUT2D eigenvalue weighted by molar-refractivity contribution is 7.91. The first-order chi connectivity index (χ1) is 8.54. The second-order valence-electron chi connectivity index (χ2n) is 4.50. The molecule has 0 spiro atoms. The van der Waals surface area contributed by atoms with Gasteiger partial charge in [0.2, 0.25) is 0 Å². The minimum absolute atomic E-state index is 0.129. The number of sulfone groups is 1. The van der Waals surface area contributed by atoms with Crippen molar-refractivity contribution in [2.75, 3.05) is 30.3 Å². The molecular weight excluding hydrogens is 250 g/mol. The molecule has 1 heterocycles. The number of para-hydroxylation sites is 1. The van der Waals surface area contributed by atoms with E-state index in [-0.39, 0.29) is 11.9 Å². The summed E-state index contributed by atoms with van der Waals surface area (Å²) in [4.78, 5) is 2.53. The Hall–Kier alpha value is -1.07. The summed E-state index contributed by atoms with van der Waals surface area (Å²) in [7, 11) is -3.18. The second kappa shape index (κ2) is 5.28. The molecule has 1 aromatic rings. The highest BCUT2D eigenvalue weighted by atomic mass is 32.2. The zero-order chi connectivity index (χ0) is 13.2. The molecule has 5 heteroatoms. The predicted molar refractivity (Wildman–Crippen MR) is 71.8 cm³/mol. The number of hydrogen-bond acceptors (Lipinski definition) is 4. The number of rotatable bonds is 3. The minimum Gasteiger partial charge on any atom is -0.375 e. The standard InChI is InChI=1S/C13H19NO3S/c1-3-18(15,16)13-7-5-4-6-12(13)14-8-9-17-11(2)10-14/h4-7,11H,3,8-10H2,1-2H3. The molecule has 1 aliphatic heterocycles. The summed E-state index contributed by atoms with van der Waals surface area (Å²) < 4.78 is 29.7. The summed E-state index contributed by atoms with van der Waals surface area (Å²) in [5.41, 5.74) is 0.800. The Morgan fingerprint density at radius 3 is 2.78 bits per heavy atom. The van der Waals surface area contributed by atoms with Crippen LogP contribution in [0.3, 0.4) is 0 Å². The van der Waals surface area contributed by atoms with E-state index in [2.05, 4.69) is 4.90 Å². The van der Waals surface area contributed by atoms with E-state index in [0.717, 1.165) is 18.8 Å². The molecule has 0 radical (unpaired) electrons. The van der Waals surface area contributed by atoms with Crippen LogP contribution in [0.1, 0.15) is 13.8 Å². The minimum atomic E-state index is -3.18. The van der Waals surface area contributed by atoms with Crippen molar-refractivity contribution in [3.8, 4) is 0 Å². The number of benzene rings is 1. The molecule has 100 valence electrons. The average molecular weight is 269 g/mol. The molecule has 4 nitrogen and oxygen atoms in total. The van der Waals surface area contributed by atoms with Gasteiger partial charge < -0.3 is 9.64 Å². The molecule has 2 rings (SSSR count). The molecule has 18 heavy (non-hydrogen) atoms. The number of ether oxygens (including phenoxy) is 1. The lowest BCUT2D eigenvalue weighted by Gasteiger charge is -2.34. The number of anilines is 1. The van der Waals surface area contributed by atoms with E-state index >= 15 is 0 Å². The average Bonchev–Trinajstić information content (AvgIpc) is 2.39. The predicted octanol–water partition coefficient (Wildman–Crippen LogP) is 1.71. The maximum atomic E-state index is 12.1. The second-order valence-corrected chi connectivity index (χ2v) is 6.75. The van der Waals surface area contributed by atoms with Crippen molar-refractivity contribution in [3.63, 3.8) is 0 Å². The summed E-state index contributed by atoms with van der Waals surface area (Å²) in [6.45, 7) is 5.79. The van der Waals surface area contributed by atoms with Gasteiger partial charge in [-0.05, 0) is 19.1 Å². The van der Waals surface area contributed by atoms with Crippen LogP contribution in [0.25, 0.3) is 0 Å². The van der Waals surface area contributed by atoms with Gasteiger partial charge in [-0.3, -0.25) is 0 Å². The van der Waals surface area contributed by atoms with Crippen LogP contribution in [0.4, 0.5) is 5.69 Å². The van der Waals surface area contributed by atoms with Gasteiger partial charge in [-0.15, -0.1) is 0 Å². The van der Waals surface area contributed by atoms with Crippen LogP contribution in [0.2, 0.25) is 0 Å². The Balaban J connectivity index is 2.39. The fourth-order valence-corrected chi connectivity index (χ4v) is 3.29. The SMILES string of the molecule is CCS(=O)(=O)c1ccccc1N1CCOC(C)C1. The van der Waals surface area contributed by atoms with E-state index in [1.165, 1.54) is 0 Å². The van der Waals surface area contributed by atoms with Crippen molar-refractivity contribution in [2.24, 2.45) is 0 Å². The fraction of sp³-hybridized carbons (Fsp3) is 0.538. The molecule has 1 aliphatic rings. The van der Waals surface area contributed by atoms with Gasteiger partial charge in [-0.1, -0.05) is 19.1 Å². The van der Waals surface area contributed by atoms with Crippen molar-refractivity contribution in [1.29, 1.82) is 0 Å². The zero-order valence-corrected chi connectivity index (χ0v) is 11.6. The van der Waals surface area contributed by atoms with Crippen LogP contribution in [-0.2, 0) is 14.6 Å². The summed E-state index contributed by atoms with van der Waals surface area (Å²) in [6, 6.07) is 7.22. The van der Waals surface area contributed by atoms with Gasteiger partial charge in [-0.25, -0.2) is 8.42 Å². The summed E-state index contributed by atoms with van der Waals surface area (Å²) in [5.74, 6) is 0.129. The summed E-state index contributed by atoms with van der Waals surface area (Å²) in [6.07, 6.45) is 0.135. The third-order valence-electron chi connectivity index (χ3n) is 3.16. The van der Waals surface area contributed by atoms with Crippen LogP contribution in [0, 0.1) is 0 Å². The van der Waals surface area contributed by atoms with Crippen molar-refractivity contribution < 1.29 is 13.2 Å². The van der Waals surface area contributed by atoms with Gasteiger partial charge in [0.05, 0.1) is 29.0 Å². The van der Waals surface area contributed by atoms with E-state index in [0.29, 0.717) is 11.5 Å². The van der Waals surface area contributed by atoms with E-state index in [4.69, 9.17) is 4.74 Å². The third kappa shape index (κ3) is 2.67. The van der Waals surface area contributed by atoms with Gasteiger partial charge >= 0.3 is 0 Å². The fourth-order valence-electron chi connectivity index (χ4n) is 2.17. The van der Waals surface area contributed by atoms with Crippen LogP contribution in [0.15, 0.2) is 29.2 Å². The molecule has 0 aliphatic carbocycles. The number of nitrogens with zero attached hydrogens (tertiary/aromatic N) is 1. The number of hydrogen-bond donors (Lipinski definition) is 0. The lowest BCUT2D eigenvalue weighted by molar-refractivity contribution is 0.0530. The van der Waals surface area contributed by atoms with E-state index < -0.39 is 9.84 Å². The van der Waals surface area contributed by atoms with Gasteiger partial charge in [0.15, 0.2) is 9.84 Å². The molecule has 0 amide bonds. The Morgan fingerprint density at radius 2 is 2.11 bits per heavy atom. The van der Waals surface area contributed by atoms with Gasteiger partial charge in [-0.2, -0.15) is 0 Å². The Labute approximate surface area is 108 Å². The Morgan fingerprint density at radius 1 is 1.39 bits per heavy atom. The van der Waals surface area contributed by atoms with Gasteiger partial charge in [0.25, 0.3) is 0 Å². The molecule has 1 atom stereocenters. The van der Waals surface area contributed by atoms with Crippen LogP contribution >= 0.6 is 0 Å². The Bertz CT molecular complexity index is 513. The topological polar surface area (TPSA) is 46.6 Å². The van der Waals surface area contributed by atoms with Gasteiger partial charge in [0, 0.05) is 13.1 Å². The third-order valence-corrected chi connectivity index (χ3v) is 4.94. The van der Waals surface area contributed by atoms with Crippen molar-refractivity contribution in [2.45, 2.75) is 24.8 Å². The van der Waals surface area contributed by atoms with Crippen molar-refractivity contribution in [3.05, 3.63) is 24.3 Å².